The fraction of sp³-hybridized carbons (Fsp3) is 0.545. The maximum Gasteiger partial charge on any atom is 0.130 e. The minimum Gasteiger partial charge on any atom is -0.398 e. The van der Waals surface area contributed by atoms with Crippen molar-refractivity contribution in [2.75, 3.05) is 30.3 Å². The Balaban J connectivity index is 2.13. The predicted molar refractivity (Wildman–Crippen MR) is 60.8 cm³/mol. The van der Waals surface area contributed by atoms with E-state index in [1.54, 1.807) is 6.20 Å². The summed E-state index contributed by atoms with van der Waals surface area (Å²) in [5.74, 6) is 1.31. The Bertz CT molecular complexity index is 354. The molecule has 4 nitrogen and oxygen atoms in total. The number of aryl methyl sites for hydroxylation is 1. The largest absolute Gasteiger partial charge is 0.398 e. The molecular weight excluding hydrogens is 190 g/mol. The third-order valence-corrected chi connectivity index (χ3v) is 3.00. The summed E-state index contributed by atoms with van der Waals surface area (Å²) in [6.45, 7) is 4.05. The van der Waals surface area contributed by atoms with Crippen molar-refractivity contribution in [3.63, 3.8) is 0 Å². The zero-order chi connectivity index (χ0) is 10.8. The number of aromatic nitrogens is 1. The summed E-state index contributed by atoms with van der Waals surface area (Å²) in [5.41, 5.74) is 7.63. The van der Waals surface area contributed by atoms with Gasteiger partial charge in [0, 0.05) is 43.6 Å². The minimum atomic E-state index is 0.262. The first-order chi connectivity index (χ1) is 7.20. The number of anilines is 2. The van der Waals surface area contributed by atoms with Crippen LogP contribution in [0.3, 0.4) is 0 Å². The third-order valence-electron chi connectivity index (χ3n) is 3.00. The van der Waals surface area contributed by atoms with Crippen LogP contribution in [0.25, 0.3) is 0 Å². The van der Waals surface area contributed by atoms with E-state index in [4.69, 9.17) is 10.8 Å². The molecule has 1 aliphatic heterocycles. The quantitative estimate of drug-likeness (QED) is 0.752. The van der Waals surface area contributed by atoms with Crippen LogP contribution in [0.1, 0.15) is 12.0 Å². The highest BCUT2D eigenvalue weighted by Gasteiger charge is 2.22. The Labute approximate surface area is 89.7 Å². The zero-order valence-electron chi connectivity index (χ0n) is 8.98. The average Bonchev–Trinajstić information content (AvgIpc) is 2.70. The molecule has 1 atom stereocenters. The molecule has 0 saturated carbocycles. The first-order valence-electron chi connectivity index (χ1n) is 5.28. The van der Waals surface area contributed by atoms with Crippen molar-refractivity contribution in [1.82, 2.24) is 4.98 Å². The van der Waals surface area contributed by atoms with Gasteiger partial charge in [-0.1, -0.05) is 0 Å². The molecule has 0 aliphatic carbocycles. The van der Waals surface area contributed by atoms with Crippen molar-refractivity contribution in [3.05, 3.63) is 17.8 Å². The van der Waals surface area contributed by atoms with E-state index >= 15 is 0 Å². The SMILES string of the molecule is Cc1cnc(N2CCC(CO)C2)cc1N. The first-order valence-corrected chi connectivity index (χ1v) is 5.28. The van der Waals surface area contributed by atoms with Crippen LogP contribution >= 0.6 is 0 Å². The lowest BCUT2D eigenvalue weighted by Gasteiger charge is -2.17. The van der Waals surface area contributed by atoms with E-state index in [0.29, 0.717) is 5.92 Å². The van der Waals surface area contributed by atoms with Crippen LogP contribution in [0.15, 0.2) is 12.3 Å². The first kappa shape index (κ1) is 10.2. The molecule has 1 saturated heterocycles. The highest BCUT2D eigenvalue weighted by Crippen LogP contribution is 2.24. The summed E-state index contributed by atoms with van der Waals surface area (Å²) in [6, 6.07) is 1.91. The summed E-state index contributed by atoms with van der Waals surface area (Å²) in [5, 5.41) is 9.06. The molecule has 0 aromatic carbocycles. The molecule has 1 fully saturated rings. The molecular formula is C11H17N3O. The molecule has 0 radical (unpaired) electrons. The van der Waals surface area contributed by atoms with Crippen molar-refractivity contribution < 1.29 is 5.11 Å². The van der Waals surface area contributed by atoms with Crippen molar-refractivity contribution in [1.29, 1.82) is 0 Å². The molecule has 15 heavy (non-hydrogen) atoms. The van der Waals surface area contributed by atoms with Gasteiger partial charge in [-0.15, -0.1) is 0 Å². The smallest absolute Gasteiger partial charge is 0.130 e. The van der Waals surface area contributed by atoms with Crippen molar-refractivity contribution in [3.8, 4) is 0 Å². The van der Waals surface area contributed by atoms with Gasteiger partial charge in [-0.05, 0) is 18.9 Å². The summed E-state index contributed by atoms with van der Waals surface area (Å²) in [7, 11) is 0. The summed E-state index contributed by atoms with van der Waals surface area (Å²) < 4.78 is 0. The van der Waals surface area contributed by atoms with Gasteiger partial charge in [-0.2, -0.15) is 0 Å². The van der Waals surface area contributed by atoms with Crippen LogP contribution < -0.4 is 10.6 Å². The van der Waals surface area contributed by atoms with E-state index < -0.39 is 0 Å². The molecule has 0 bridgehead atoms. The highest BCUT2D eigenvalue weighted by molar-refractivity contribution is 5.55. The Hall–Kier alpha value is -1.29. The van der Waals surface area contributed by atoms with Gasteiger partial charge in [0.05, 0.1) is 0 Å². The van der Waals surface area contributed by atoms with E-state index in [9.17, 15) is 0 Å². The van der Waals surface area contributed by atoms with Gasteiger partial charge < -0.3 is 15.7 Å². The Morgan fingerprint density at radius 2 is 2.47 bits per heavy atom. The summed E-state index contributed by atoms with van der Waals surface area (Å²) >= 11 is 0. The molecule has 1 unspecified atom stereocenters. The number of hydrogen-bond donors (Lipinski definition) is 2. The third kappa shape index (κ3) is 2.04. The number of hydrogen-bond acceptors (Lipinski definition) is 4. The Morgan fingerprint density at radius 1 is 1.67 bits per heavy atom. The van der Waals surface area contributed by atoms with E-state index in [1.807, 2.05) is 13.0 Å². The fourth-order valence-corrected chi connectivity index (χ4v) is 1.89. The van der Waals surface area contributed by atoms with E-state index in [2.05, 4.69) is 9.88 Å². The van der Waals surface area contributed by atoms with Crippen LogP contribution in [-0.2, 0) is 0 Å². The topological polar surface area (TPSA) is 62.4 Å². The molecule has 4 heteroatoms. The standard InChI is InChI=1S/C11H17N3O/c1-8-5-13-11(4-10(8)12)14-3-2-9(6-14)7-15/h4-5,9,15H,2-3,6-7H2,1H3,(H2,12,13). The molecule has 82 valence electrons. The van der Waals surface area contributed by atoms with Crippen LogP contribution in [0.4, 0.5) is 11.5 Å². The van der Waals surface area contributed by atoms with Crippen LogP contribution in [-0.4, -0.2) is 29.8 Å². The Kier molecular flexibility index (Phi) is 2.77. The van der Waals surface area contributed by atoms with Crippen LogP contribution in [0, 0.1) is 12.8 Å². The van der Waals surface area contributed by atoms with Crippen molar-refractivity contribution in [2.45, 2.75) is 13.3 Å². The minimum absolute atomic E-state index is 0.262. The lowest BCUT2D eigenvalue weighted by molar-refractivity contribution is 0.238. The van der Waals surface area contributed by atoms with Crippen molar-refractivity contribution >= 4 is 11.5 Å². The van der Waals surface area contributed by atoms with Gasteiger partial charge in [0.15, 0.2) is 0 Å². The maximum atomic E-state index is 9.06. The maximum absolute atomic E-state index is 9.06. The number of aliphatic hydroxyl groups is 1. The van der Waals surface area contributed by atoms with Gasteiger partial charge >= 0.3 is 0 Å². The molecule has 1 aromatic rings. The number of nitrogens with two attached hydrogens (primary N) is 1. The molecule has 3 N–H and O–H groups in total. The number of pyridine rings is 1. The Morgan fingerprint density at radius 3 is 3.07 bits per heavy atom. The van der Waals surface area contributed by atoms with Gasteiger partial charge in [0.25, 0.3) is 0 Å². The number of nitrogen functional groups attached to an aromatic ring is 1. The van der Waals surface area contributed by atoms with Crippen molar-refractivity contribution in [2.24, 2.45) is 5.92 Å². The van der Waals surface area contributed by atoms with E-state index in [1.165, 1.54) is 0 Å². The summed E-state index contributed by atoms with van der Waals surface area (Å²) in [6.07, 6.45) is 2.84. The molecule has 1 aliphatic rings. The lowest BCUT2D eigenvalue weighted by atomic mass is 10.1. The molecule has 1 aromatic heterocycles. The predicted octanol–water partition coefficient (Wildman–Crippen LogP) is 0.791. The molecule has 0 spiro atoms. The number of rotatable bonds is 2. The average molecular weight is 207 g/mol. The summed E-state index contributed by atoms with van der Waals surface area (Å²) in [4.78, 5) is 6.53. The molecule has 0 amide bonds. The zero-order valence-corrected chi connectivity index (χ0v) is 8.98. The van der Waals surface area contributed by atoms with Gasteiger partial charge in [-0.3, -0.25) is 0 Å². The normalized spacial score (nSPS) is 20.9. The van der Waals surface area contributed by atoms with Crippen LogP contribution in [0.5, 0.6) is 0 Å². The molecule has 2 rings (SSSR count). The fourth-order valence-electron chi connectivity index (χ4n) is 1.89. The van der Waals surface area contributed by atoms with Gasteiger partial charge in [0.1, 0.15) is 5.82 Å². The number of nitrogens with zero attached hydrogens (tertiary/aromatic N) is 2. The second-order valence-electron chi connectivity index (χ2n) is 4.18. The van der Waals surface area contributed by atoms with Crippen LogP contribution in [0.2, 0.25) is 0 Å². The van der Waals surface area contributed by atoms with E-state index in [0.717, 1.165) is 36.6 Å². The van der Waals surface area contributed by atoms with Gasteiger partial charge in [0.2, 0.25) is 0 Å². The van der Waals surface area contributed by atoms with Gasteiger partial charge in [-0.25, -0.2) is 4.98 Å². The highest BCUT2D eigenvalue weighted by atomic mass is 16.3. The second-order valence-corrected chi connectivity index (χ2v) is 4.18. The monoisotopic (exact) mass is 207 g/mol. The van der Waals surface area contributed by atoms with E-state index in [-0.39, 0.29) is 6.61 Å². The lowest BCUT2D eigenvalue weighted by Crippen LogP contribution is -2.21. The second kappa shape index (κ2) is 4.06. The molecule has 2 heterocycles. The number of aliphatic hydroxyl groups excluding tert-OH is 1.